The minimum Gasteiger partial charge on any atom is -0.447 e. The third-order valence-corrected chi connectivity index (χ3v) is 7.15. The number of carbonyl (C=O) groups excluding carboxylic acids is 2. The first-order valence-corrected chi connectivity index (χ1v) is 15.5. The van der Waals surface area contributed by atoms with E-state index < -0.39 is 12.2 Å². The van der Waals surface area contributed by atoms with E-state index in [9.17, 15) is 9.59 Å². The van der Waals surface area contributed by atoms with Crippen LogP contribution in [0.3, 0.4) is 0 Å². The minimum atomic E-state index is -0.502. The van der Waals surface area contributed by atoms with Gasteiger partial charge in [0.2, 0.25) is 0 Å². The molecule has 0 unspecified atom stereocenters. The molecular weight excluding hydrogens is 494 g/mol. The maximum Gasteiger partial charge on any atom is 0.407 e. The molecule has 39 heavy (non-hydrogen) atoms. The Morgan fingerprint density at radius 1 is 0.769 bits per heavy atom. The SMILES string of the molecule is CCCCCCCCCCCCCCCCCCNC(=O)OC[C@@H]1C[C@H](COC(=O)NCc2ccccn2)O1. The van der Waals surface area contributed by atoms with Gasteiger partial charge in [-0.2, -0.15) is 0 Å². The Balaban J connectivity index is 1.28. The van der Waals surface area contributed by atoms with Crippen LogP contribution in [0.2, 0.25) is 0 Å². The smallest absolute Gasteiger partial charge is 0.407 e. The largest absolute Gasteiger partial charge is 0.447 e. The lowest BCUT2D eigenvalue weighted by Crippen LogP contribution is -2.45. The Hall–Kier alpha value is -2.35. The van der Waals surface area contributed by atoms with Crippen molar-refractivity contribution >= 4 is 12.2 Å². The Bertz CT molecular complexity index is 743. The lowest BCUT2D eigenvalue weighted by Gasteiger charge is -2.34. The van der Waals surface area contributed by atoms with E-state index in [4.69, 9.17) is 14.2 Å². The van der Waals surface area contributed by atoms with Gasteiger partial charge in [0.25, 0.3) is 0 Å². The summed E-state index contributed by atoms with van der Waals surface area (Å²) in [5.74, 6) is 0. The number of alkyl carbamates (subject to hydrolysis) is 2. The molecule has 0 bridgehead atoms. The van der Waals surface area contributed by atoms with Crippen LogP contribution in [0.15, 0.2) is 24.4 Å². The lowest BCUT2D eigenvalue weighted by molar-refractivity contribution is -0.158. The van der Waals surface area contributed by atoms with Crippen molar-refractivity contribution in [3.8, 4) is 0 Å². The molecule has 8 nitrogen and oxygen atoms in total. The summed E-state index contributed by atoms with van der Waals surface area (Å²) in [6.45, 7) is 3.63. The summed E-state index contributed by atoms with van der Waals surface area (Å²) >= 11 is 0. The number of aromatic nitrogens is 1. The van der Waals surface area contributed by atoms with Crippen molar-refractivity contribution in [2.75, 3.05) is 19.8 Å². The van der Waals surface area contributed by atoms with Crippen LogP contribution in [0, 0.1) is 0 Å². The van der Waals surface area contributed by atoms with E-state index in [0.717, 1.165) is 18.5 Å². The number of hydrogen-bond acceptors (Lipinski definition) is 6. The molecule has 1 aliphatic rings. The van der Waals surface area contributed by atoms with Crippen LogP contribution in [-0.2, 0) is 20.8 Å². The Morgan fingerprint density at radius 2 is 1.26 bits per heavy atom. The molecule has 1 aromatic heterocycles. The summed E-state index contributed by atoms with van der Waals surface area (Å²) in [6.07, 6.45) is 22.5. The van der Waals surface area contributed by atoms with Crippen molar-refractivity contribution in [1.29, 1.82) is 0 Å². The highest BCUT2D eigenvalue weighted by Gasteiger charge is 2.32. The molecular formula is C31H53N3O5. The third kappa shape index (κ3) is 17.8. The summed E-state index contributed by atoms with van der Waals surface area (Å²) in [7, 11) is 0. The predicted octanol–water partition coefficient (Wildman–Crippen LogP) is 7.45. The molecule has 2 atom stereocenters. The number of nitrogens with zero attached hydrogens (tertiary/aromatic N) is 1. The topological polar surface area (TPSA) is 98.8 Å². The van der Waals surface area contributed by atoms with Gasteiger partial charge in [-0.15, -0.1) is 0 Å². The van der Waals surface area contributed by atoms with Gasteiger partial charge in [0.15, 0.2) is 0 Å². The number of unbranched alkanes of at least 4 members (excludes halogenated alkanes) is 15. The number of rotatable bonds is 23. The normalized spacial score (nSPS) is 16.3. The molecule has 1 saturated heterocycles. The van der Waals surface area contributed by atoms with E-state index in [2.05, 4.69) is 22.5 Å². The number of ether oxygens (including phenoxy) is 3. The van der Waals surface area contributed by atoms with Crippen LogP contribution in [-0.4, -0.2) is 49.1 Å². The molecule has 0 radical (unpaired) electrons. The maximum atomic E-state index is 11.9. The van der Waals surface area contributed by atoms with Gasteiger partial charge in [0, 0.05) is 19.2 Å². The Morgan fingerprint density at radius 3 is 1.74 bits per heavy atom. The maximum absolute atomic E-state index is 11.9. The van der Waals surface area contributed by atoms with E-state index in [0.29, 0.717) is 19.5 Å². The van der Waals surface area contributed by atoms with E-state index >= 15 is 0 Å². The fourth-order valence-corrected chi connectivity index (χ4v) is 4.74. The number of carbonyl (C=O) groups is 2. The van der Waals surface area contributed by atoms with E-state index in [1.54, 1.807) is 6.20 Å². The second kappa shape index (κ2) is 22.5. The monoisotopic (exact) mass is 547 g/mol. The Kier molecular flexibility index (Phi) is 18.9. The van der Waals surface area contributed by atoms with Crippen LogP contribution in [0.4, 0.5) is 9.59 Å². The van der Waals surface area contributed by atoms with Gasteiger partial charge in [0.05, 0.1) is 24.4 Å². The summed E-state index contributed by atoms with van der Waals surface area (Å²) in [5, 5.41) is 5.47. The van der Waals surface area contributed by atoms with Crippen molar-refractivity contribution < 1.29 is 23.8 Å². The lowest BCUT2D eigenvalue weighted by atomic mass is 10.0. The molecule has 0 aliphatic carbocycles. The summed E-state index contributed by atoms with van der Waals surface area (Å²) in [4.78, 5) is 27.8. The molecule has 1 aromatic rings. The van der Waals surface area contributed by atoms with Gasteiger partial charge in [-0.05, 0) is 18.6 Å². The van der Waals surface area contributed by atoms with Gasteiger partial charge in [-0.3, -0.25) is 4.98 Å². The fourth-order valence-electron chi connectivity index (χ4n) is 4.74. The molecule has 8 heteroatoms. The van der Waals surface area contributed by atoms with Crippen LogP contribution < -0.4 is 10.6 Å². The number of hydrogen-bond donors (Lipinski definition) is 2. The minimum absolute atomic E-state index is 0.142. The highest BCUT2D eigenvalue weighted by atomic mass is 16.6. The first kappa shape index (κ1) is 32.9. The summed E-state index contributed by atoms with van der Waals surface area (Å²) < 4.78 is 16.0. The second-order valence-corrected chi connectivity index (χ2v) is 10.7. The zero-order valence-electron chi connectivity index (χ0n) is 24.3. The first-order valence-electron chi connectivity index (χ1n) is 15.5. The van der Waals surface area contributed by atoms with Gasteiger partial charge in [-0.1, -0.05) is 109 Å². The number of nitrogens with one attached hydrogen (secondary N) is 2. The van der Waals surface area contributed by atoms with Gasteiger partial charge in [0.1, 0.15) is 13.2 Å². The summed E-state index contributed by atoms with van der Waals surface area (Å²) in [6, 6.07) is 5.51. The fraction of sp³-hybridized carbons (Fsp3) is 0.774. The van der Waals surface area contributed by atoms with Crippen molar-refractivity contribution in [2.45, 2.75) is 135 Å². The summed E-state index contributed by atoms with van der Waals surface area (Å²) in [5.41, 5.74) is 0.764. The molecule has 0 aromatic carbocycles. The highest BCUT2D eigenvalue weighted by Crippen LogP contribution is 2.21. The van der Waals surface area contributed by atoms with Crippen molar-refractivity contribution in [1.82, 2.24) is 15.6 Å². The van der Waals surface area contributed by atoms with Crippen LogP contribution >= 0.6 is 0 Å². The molecule has 2 heterocycles. The van der Waals surface area contributed by atoms with Crippen molar-refractivity contribution in [2.24, 2.45) is 0 Å². The average molecular weight is 548 g/mol. The van der Waals surface area contributed by atoms with Gasteiger partial charge >= 0.3 is 12.2 Å². The van der Waals surface area contributed by atoms with Crippen LogP contribution in [0.5, 0.6) is 0 Å². The molecule has 222 valence electrons. The third-order valence-electron chi connectivity index (χ3n) is 7.15. The van der Waals surface area contributed by atoms with E-state index in [-0.39, 0.29) is 25.4 Å². The van der Waals surface area contributed by atoms with Crippen molar-refractivity contribution in [3.05, 3.63) is 30.1 Å². The molecule has 2 amide bonds. The van der Waals surface area contributed by atoms with Crippen molar-refractivity contribution in [3.63, 3.8) is 0 Å². The molecule has 0 spiro atoms. The van der Waals surface area contributed by atoms with E-state index in [1.165, 1.54) is 89.9 Å². The standard InChI is InChI=1S/C31H53N3O5/c1-2-3-4-5-6-7-8-9-10-11-12-13-14-15-16-18-22-33-30(35)37-25-28-23-29(39-28)26-38-31(36)34-24-27-20-17-19-21-32-27/h17,19-21,28-29H,2-16,18,22-26H2,1H3,(H,33,35)(H,34,36)/t28-,29+/m0/s1. The van der Waals surface area contributed by atoms with E-state index in [1.807, 2.05) is 18.2 Å². The quantitative estimate of drug-likeness (QED) is 0.138. The molecule has 2 rings (SSSR count). The first-order chi connectivity index (χ1) is 19.2. The number of amides is 2. The molecule has 1 fully saturated rings. The average Bonchev–Trinajstić information content (AvgIpc) is 2.93. The van der Waals surface area contributed by atoms with Crippen LogP contribution in [0.25, 0.3) is 0 Å². The van der Waals surface area contributed by atoms with Crippen LogP contribution in [0.1, 0.15) is 122 Å². The number of pyridine rings is 1. The molecule has 1 aliphatic heterocycles. The molecule has 0 saturated carbocycles. The zero-order chi connectivity index (χ0) is 27.8. The zero-order valence-corrected chi connectivity index (χ0v) is 24.3. The molecule has 2 N–H and O–H groups in total. The van der Waals surface area contributed by atoms with Gasteiger partial charge in [-0.25, -0.2) is 9.59 Å². The highest BCUT2D eigenvalue weighted by molar-refractivity contribution is 5.67. The Labute approximate surface area is 236 Å². The predicted molar refractivity (Wildman–Crippen MR) is 155 cm³/mol. The second-order valence-electron chi connectivity index (χ2n) is 10.7. The van der Waals surface area contributed by atoms with Gasteiger partial charge < -0.3 is 24.8 Å².